The van der Waals surface area contributed by atoms with Gasteiger partial charge in [0.25, 0.3) is 5.91 Å². The number of amides is 2. The Balaban J connectivity index is 1.62. The molecule has 0 radical (unpaired) electrons. The van der Waals surface area contributed by atoms with E-state index in [1.807, 2.05) is 12.1 Å². The second kappa shape index (κ2) is 11.4. The first kappa shape index (κ1) is 25.5. The Morgan fingerprint density at radius 2 is 1.69 bits per heavy atom. The lowest BCUT2D eigenvalue weighted by Crippen LogP contribution is -2.47. The minimum atomic E-state index is -1.22. The number of benzene rings is 1. The standard InChI is InChI=1S/C23H32N8O4/c1-2-3-16-19(20(25)29-23(26)28-16)31-12-10-30(11-13-31)15-6-4-14(5-7-15)21(33)27-17(22(34)35)8-9-18(24)32/h4-7,17H,2-3,8-13H2,1H3,(H2,24,32)(H,27,33)(H,34,35)(H4,25,26,28,29)/t17-/m0/s1. The van der Waals surface area contributed by atoms with Crippen LogP contribution in [0.5, 0.6) is 0 Å². The van der Waals surface area contributed by atoms with Crippen LogP contribution in [0, 0.1) is 0 Å². The maximum atomic E-state index is 12.5. The van der Waals surface area contributed by atoms with E-state index in [9.17, 15) is 19.5 Å². The fourth-order valence-corrected chi connectivity index (χ4v) is 4.09. The Bertz CT molecular complexity index is 1070. The number of carboxylic acid groups (broad SMARTS) is 1. The molecular formula is C23H32N8O4. The molecule has 12 heteroatoms. The number of carbonyl (C=O) groups is 3. The monoisotopic (exact) mass is 484 g/mol. The molecule has 1 aliphatic rings. The minimum absolute atomic E-state index is 0.0672. The summed E-state index contributed by atoms with van der Waals surface area (Å²) >= 11 is 0. The largest absolute Gasteiger partial charge is 0.480 e. The number of hydrogen-bond acceptors (Lipinski definition) is 9. The van der Waals surface area contributed by atoms with Crippen LogP contribution in [-0.2, 0) is 16.0 Å². The molecule has 1 saturated heterocycles. The van der Waals surface area contributed by atoms with Crippen LogP contribution in [0.4, 0.5) is 23.1 Å². The van der Waals surface area contributed by atoms with E-state index >= 15 is 0 Å². The number of aliphatic carboxylic acids is 1. The van der Waals surface area contributed by atoms with Crippen LogP contribution in [-0.4, -0.2) is 65.1 Å². The zero-order chi connectivity index (χ0) is 25.5. The van der Waals surface area contributed by atoms with Crippen molar-refractivity contribution in [1.82, 2.24) is 15.3 Å². The second-order valence-corrected chi connectivity index (χ2v) is 8.40. The first-order chi connectivity index (χ1) is 16.7. The number of anilines is 4. The lowest BCUT2D eigenvalue weighted by atomic mass is 10.1. The summed E-state index contributed by atoms with van der Waals surface area (Å²) in [6.07, 6.45) is 1.49. The van der Waals surface area contributed by atoms with Gasteiger partial charge in [0.2, 0.25) is 11.9 Å². The van der Waals surface area contributed by atoms with Crippen molar-refractivity contribution in [3.8, 4) is 0 Å². The summed E-state index contributed by atoms with van der Waals surface area (Å²) in [6, 6.07) is 5.76. The van der Waals surface area contributed by atoms with Gasteiger partial charge < -0.3 is 37.4 Å². The Morgan fingerprint density at radius 3 is 2.26 bits per heavy atom. The molecule has 0 saturated carbocycles. The summed E-state index contributed by atoms with van der Waals surface area (Å²) in [4.78, 5) is 47.7. The molecule has 2 heterocycles. The maximum absolute atomic E-state index is 12.5. The SMILES string of the molecule is CCCc1nc(N)nc(N)c1N1CCN(c2ccc(C(=O)N[C@@H](CCC(N)=O)C(=O)O)cc2)CC1. The van der Waals surface area contributed by atoms with Crippen LogP contribution in [0.25, 0.3) is 0 Å². The van der Waals surface area contributed by atoms with Gasteiger partial charge in [-0.3, -0.25) is 9.59 Å². The molecule has 0 unspecified atom stereocenters. The zero-order valence-electron chi connectivity index (χ0n) is 19.7. The number of carboxylic acids is 1. The second-order valence-electron chi connectivity index (χ2n) is 8.40. The smallest absolute Gasteiger partial charge is 0.326 e. The summed E-state index contributed by atoms with van der Waals surface area (Å²) in [5.41, 5.74) is 20.0. The van der Waals surface area contributed by atoms with Crippen LogP contribution in [0.2, 0.25) is 0 Å². The highest BCUT2D eigenvalue weighted by molar-refractivity contribution is 5.97. The van der Waals surface area contributed by atoms with Crippen LogP contribution >= 0.6 is 0 Å². The summed E-state index contributed by atoms with van der Waals surface area (Å²) in [7, 11) is 0. The highest BCUT2D eigenvalue weighted by Crippen LogP contribution is 2.29. The molecule has 1 atom stereocenters. The third-order valence-corrected chi connectivity index (χ3v) is 5.86. The molecule has 0 aliphatic carbocycles. The molecule has 188 valence electrons. The van der Waals surface area contributed by atoms with Gasteiger partial charge in [-0.2, -0.15) is 4.98 Å². The lowest BCUT2D eigenvalue weighted by molar-refractivity contribution is -0.139. The average Bonchev–Trinajstić information content (AvgIpc) is 2.81. The molecule has 1 aromatic carbocycles. The van der Waals surface area contributed by atoms with Crippen LogP contribution in [0.3, 0.4) is 0 Å². The summed E-state index contributed by atoms with van der Waals surface area (Å²) < 4.78 is 0. The van der Waals surface area contributed by atoms with E-state index in [2.05, 4.69) is 32.0 Å². The molecule has 1 aromatic heterocycles. The number of carbonyl (C=O) groups excluding carboxylic acids is 2. The zero-order valence-corrected chi connectivity index (χ0v) is 19.7. The maximum Gasteiger partial charge on any atom is 0.326 e. The van der Waals surface area contributed by atoms with Gasteiger partial charge >= 0.3 is 5.97 Å². The van der Waals surface area contributed by atoms with Gasteiger partial charge in [-0.05, 0) is 37.1 Å². The number of nitrogen functional groups attached to an aromatic ring is 2. The van der Waals surface area contributed by atoms with Gasteiger partial charge in [0, 0.05) is 43.9 Å². The van der Waals surface area contributed by atoms with Crippen molar-refractivity contribution in [2.75, 3.05) is 47.4 Å². The van der Waals surface area contributed by atoms with Crippen molar-refractivity contribution in [3.63, 3.8) is 0 Å². The third kappa shape index (κ3) is 6.49. The average molecular weight is 485 g/mol. The van der Waals surface area contributed by atoms with Gasteiger partial charge in [-0.1, -0.05) is 13.3 Å². The number of piperazine rings is 1. The quantitative estimate of drug-likeness (QED) is 0.314. The topological polar surface area (TPSA) is 194 Å². The number of hydrogen-bond donors (Lipinski definition) is 5. The molecule has 12 nitrogen and oxygen atoms in total. The van der Waals surface area contributed by atoms with Gasteiger partial charge in [0.05, 0.1) is 5.69 Å². The molecule has 35 heavy (non-hydrogen) atoms. The number of nitrogens with one attached hydrogen (secondary N) is 1. The highest BCUT2D eigenvalue weighted by atomic mass is 16.4. The lowest BCUT2D eigenvalue weighted by Gasteiger charge is -2.38. The predicted molar refractivity (Wildman–Crippen MR) is 133 cm³/mol. The van der Waals surface area contributed by atoms with Crippen molar-refractivity contribution in [2.24, 2.45) is 5.73 Å². The van der Waals surface area contributed by atoms with E-state index in [0.717, 1.165) is 56.1 Å². The van der Waals surface area contributed by atoms with Crippen molar-refractivity contribution in [2.45, 2.75) is 38.6 Å². The summed E-state index contributed by atoms with van der Waals surface area (Å²) in [5, 5.41) is 11.7. The fourth-order valence-electron chi connectivity index (χ4n) is 4.09. The number of nitrogens with two attached hydrogens (primary N) is 3. The number of aryl methyl sites for hydroxylation is 1. The van der Waals surface area contributed by atoms with Crippen LogP contribution in [0.15, 0.2) is 24.3 Å². The normalized spacial score (nSPS) is 14.4. The number of nitrogens with zero attached hydrogens (tertiary/aromatic N) is 4. The number of rotatable bonds is 10. The minimum Gasteiger partial charge on any atom is -0.480 e. The van der Waals surface area contributed by atoms with E-state index in [0.29, 0.717) is 11.4 Å². The van der Waals surface area contributed by atoms with E-state index in [4.69, 9.17) is 17.2 Å². The van der Waals surface area contributed by atoms with Gasteiger partial charge in [0.15, 0.2) is 5.82 Å². The molecule has 1 fully saturated rings. The fraction of sp³-hybridized carbons (Fsp3) is 0.435. The summed E-state index contributed by atoms with van der Waals surface area (Å²) in [5.74, 6) is -1.80. The Morgan fingerprint density at radius 1 is 1.06 bits per heavy atom. The van der Waals surface area contributed by atoms with E-state index in [1.165, 1.54) is 0 Å². The number of aromatic nitrogens is 2. The predicted octanol–water partition coefficient (Wildman–Crippen LogP) is 0.369. The molecule has 2 amide bonds. The highest BCUT2D eigenvalue weighted by Gasteiger charge is 2.24. The first-order valence-corrected chi connectivity index (χ1v) is 11.5. The van der Waals surface area contributed by atoms with Crippen molar-refractivity contribution in [1.29, 1.82) is 0 Å². The molecule has 1 aliphatic heterocycles. The molecular weight excluding hydrogens is 452 g/mol. The van der Waals surface area contributed by atoms with Crippen molar-refractivity contribution in [3.05, 3.63) is 35.5 Å². The van der Waals surface area contributed by atoms with Crippen LogP contribution < -0.4 is 32.3 Å². The third-order valence-electron chi connectivity index (χ3n) is 5.86. The van der Waals surface area contributed by atoms with Crippen molar-refractivity contribution < 1.29 is 19.5 Å². The van der Waals surface area contributed by atoms with Gasteiger partial charge in [0.1, 0.15) is 11.7 Å². The van der Waals surface area contributed by atoms with E-state index < -0.39 is 23.8 Å². The molecule has 2 aromatic rings. The van der Waals surface area contributed by atoms with E-state index in [-0.39, 0.29) is 18.8 Å². The van der Waals surface area contributed by atoms with E-state index in [1.54, 1.807) is 12.1 Å². The Hall–Kier alpha value is -4.09. The number of primary amides is 1. The molecule has 8 N–H and O–H groups in total. The first-order valence-electron chi connectivity index (χ1n) is 11.5. The van der Waals surface area contributed by atoms with Gasteiger partial charge in [-0.15, -0.1) is 0 Å². The van der Waals surface area contributed by atoms with Crippen molar-refractivity contribution >= 4 is 40.9 Å². The molecule has 0 bridgehead atoms. The Kier molecular flexibility index (Phi) is 8.29. The summed E-state index contributed by atoms with van der Waals surface area (Å²) in [6.45, 7) is 4.97. The molecule has 0 spiro atoms. The van der Waals surface area contributed by atoms with Crippen LogP contribution in [0.1, 0.15) is 42.2 Å². The molecule has 3 rings (SSSR count). The van der Waals surface area contributed by atoms with Gasteiger partial charge in [-0.25, -0.2) is 9.78 Å². The Labute approximate surface area is 203 Å².